The molecule has 0 spiro atoms. The van der Waals surface area contributed by atoms with Crippen LogP contribution in [0.3, 0.4) is 0 Å². The minimum absolute atomic E-state index is 0.389. The molecule has 0 bridgehead atoms. The summed E-state index contributed by atoms with van der Waals surface area (Å²) in [5.41, 5.74) is 16.8. The number of H-pyrrole nitrogens is 1. The van der Waals surface area contributed by atoms with Crippen molar-refractivity contribution in [1.82, 2.24) is 4.98 Å². The van der Waals surface area contributed by atoms with Gasteiger partial charge in [-0.15, -0.1) is 0 Å². The van der Waals surface area contributed by atoms with E-state index in [4.69, 9.17) is 16.9 Å². The molecule has 0 aliphatic heterocycles. The number of nitrogens with one attached hydrogen (secondary N) is 2. The molecule has 2 aromatic carbocycles. The van der Waals surface area contributed by atoms with Gasteiger partial charge in [0, 0.05) is 22.8 Å². The lowest BCUT2D eigenvalue weighted by Gasteiger charge is -2.09. The Bertz CT molecular complexity index is 1020. The van der Waals surface area contributed by atoms with Gasteiger partial charge in [-0.05, 0) is 54.6 Å². The summed E-state index contributed by atoms with van der Waals surface area (Å²) in [5.74, 6) is 0. The molecule has 3 rings (SSSR count). The van der Waals surface area contributed by atoms with Gasteiger partial charge in [0.15, 0.2) is 0 Å². The molecule has 0 aliphatic rings. The van der Waals surface area contributed by atoms with Crippen LogP contribution in [0.1, 0.15) is 16.7 Å². The van der Waals surface area contributed by atoms with Gasteiger partial charge in [0.2, 0.25) is 0 Å². The summed E-state index contributed by atoms with van der Waals surface area (Å²) >= 11 is 0. The van der Waals surface area contributed by atoms with Gasteiger partial charge in [0.05, 0.1) is 16.7 Å². The number of rotatable bonds is 4. The first-order valence-corrected chi connectivity index (χ1v) is 7.89. The van der Waals surface area contributed by atoms with E-state index in [1.807, 2.05) is 12.1 Å². The summed E-state index contributed by atoms with van der Waals surface area (Å²) in [6, 6.07) is 10.5. The second-order valence-corrected chi connectivity index (χ2v) is 5.62. The Morgan fingerprint density at radius 3 is 2.62 bits per heavy atom. The minimum Gasteiger partial charge on any atom is -0.405 e. The quantitative estimate of drug-likeness (QED) is 0.325. The van der Waals surface area contributed by atoms with Crippen molar-refractivity contribution in [2.45, 2.75) is 13.5 Å². The van der Waals surface area contributed by atoms with Gasteiger partial charge in [-0.3, -0.25) is 10.1 Å². The van der Waals surface area contributed by atoms with E-state index in [2.05, 4.69) is 42.8 Å². The van der Waals surface area contributed by atoms with Crippen molar-refractivity contribution in [3.8, 4) is 0 Å². The maximum Gasteiger partial charge on any atom is 0.279 e. The van der Waals surface area contributed by atoms with Crippen LogP contribution in [0.4, 0.5) is 0 Å². The number of fused-ring (bicyclic) bond motifs is 3. The molecule has 0 saturated carbocycles. The number of hydrogen-bond acceptors (Lipinski definition) is 5. The average Bonchev–Trinajstić information content (AvgIpc) is 3.02. The van der Waals surface area contributed by atoms with Crippen LogP contribution in [0.25, 0.3) is 27.9 Å². The summed E-state index contributed by atoms with van der Waals surface area (Å²) in [7, 11) is 0. The Labute approximate surface area is 150 Å². The number of aryl methyl sites for hydroxylation is 1. The fraction of sp³-hybridized carbons (Fsp3) is 0.105. The van der Waals surface area contributed by atoms with Crippen LogP contribution in [0.2, 0.25) is 0 Å². The highest BCUT2D eigenvalue weighted by molar-refractivity contribution is 6.09. The first kappa shape index (κ1) is 18.9. The van der Waals surface area contributed by atoms with Crippen molar-refractivity contribution in [2.24, 2.45) is 11.5 Å². The standard InChI is InChI=1S/C16H17N3.C3H4N2O2/c1-10-12(6-7-17)11(9-18)8-14-13-4-2-3-5-15(13)19-16(10)14;1-3(2-4)5(6)7/h2-8,19H,9,17-18H2,1H3;2,4H,1H2/b7-6-;. The third-order valence-electron chi connectivity index (χ3n) is 4.07. The topological polar surface area (TPSA) is 135 Å². The van der Waals surface area contributed by atoms with Crippen molar-refractivity contribution < 1.29 is 4.92 Å². The van der Waals surface area contributed by atoms with Gasteiger partial charge < -0.3 is 21.9 Å². The highest BCUT2D eigenvalue weighted by atomic mass is 16.6. The van der Waals surface area contributed by atoms with Crippen molar-refractivity contribution in [3.05, 3.63) is 75.6 Å². The Morgan fingerprint density at radius 2 is 2.08 bits per heavy atom. The number of allylic oxidation sites excluding steroid dienone is 1. The van der Waals surface area contributed by atoms with Gasteiger partial charge >= 0.3 is 0 Å². The number of hydrogen-bond donors (Lipinski definition) is 4. The molecule has 1 heterocycles. The highest BCUT2D eigenvalue weighted by Crippen LogP contribution is 2.31. The maximum atomic E-state index is 9.49. The molecule has 0 aliphatic carbocycles. The Balaban J connectivity index is 0.000000298. The third-order valence-corrected chi connectivity index (χ3v) is 4.07. The summed E-state index contributed by atoms with van der Waals surface area (Å²) in [4.78, 5) is 12.3. The number of para-hydroxylation sites is 1. The second kappa shape index (κ2) is 8.09. The van der Waals surface area contributed by atoms with E-state index < -0.39 is 4.92 Å². The number of benzene rings is 2. The molecule has 7 heteroatoms. The van der Waals surface area contributed by atoms with Crippen LogP contribution < -0.4 is 11.5 Å². The van der Waals surface area contributed by atoms with Crippen molar-refractivity contribution in [2.75, 3.05) is 0 Å². The SMILES string of the molecule is C=C(C=N)[N+](=O)[O-].Cc1c(/C=C\N)c(CN)cc2c1[nH]c1ccccc12. The molecule has 134 valence electrons. The zero-order chi connectivity index (χ0) is 19.3. The number of nitrogens with zero attached hydrogens (tertiary/aromatic N) is 1. The first-order valence-electron chi connectivity index (χ1n) is 7.89. The lowest BCUT2D eigenvalue weighted by molar-refractivity contribution is -0.413. The smallest absolute Gasteiger partial charge is 0.279 e. The predicted octanol–water partition coefficient (Wildman–Crippen LogP) is 3.44. The Morgan fingerprint density at radius 1 is 1.38 bits per heavy atom. The Hall–Kier alpha value is -3.45. The van der Waals surface area contributed by atoms with Gasteiger partial charge in [-0.2, -0.15) is 0 Å². The highest BCUT2D eigenvalue weighted by Gasteiger charge is 2.11. The van der Waals surface area contributed by atoms with Crippen LogP contribution in [-0.2, 0) is 6.54 Å². The van der Waals surface area contributed by atoms with Crippen LogP contribution in [0.15, 0.2) is 48.8 Å². The fourth-order valence-corrected chi connectivity index (χ4v) is 2.79. The molecule has 3 aromatic rings. The van der Waals surface area contributed by atoms with Crippen molar-refractivity contribution in [3.63, 3.8) is 0 Å². The second-order valence-electron chi connectivity index (χ2n) is 5.62. The van der Waals surface area contributed by atoms with E-state index in [0.29, 0.717) is 12.8 Å². The summed E-state index contributed by atoms with van der Waals surface area (Å²) in [6.07, 6.45) is 4.08. The molecule has 0 atom stereocenters. The average molecular weight is 351 g/mol. The predicted molar refractivity (Wildman–Crippen MR) is 107 cm³/mol. The van der Waals surface area contributed by atoms with E-state index in [1.54, 1.807) is 6.20 Å². The lowest BCUT2D eigenvalue weighted by Crippen LogP contribution is -2.01. The van der Waals surface area contributed by atoms with E-state index >= 15 is 0 Å². The molecule has 0 radical (unpaired) electrons. The van der Waals surface area contributed by atoms with Crippen molar-refractivity contribution >= 4 is 34.1 Å². The molecule has 0 unspecified atom stereocenters. The van der Waals surface area contributed by atoms with Crippen LogP contribution in [0, 0.1) is 22.4 Å². The molecule has 6 N–H and O–H groups in total. The van der Waals surface area contributed by atoms with Gasteiger partial charge in [-0.1, -0.05) is 18.2 Å². The van der Waals surface area contributed by atoms with Crippen LogP contribution in [0.5, 0.6) is 0 Å². The van der Waals surface area contributed by atoms with Crippen LogP contribution >= 0.6 is 0 Å². The Kier molecular flexibility index (Phi) is 5.87. The number of aromatic amines is 1. The molecular weight excluding hydrogens is 330 g/mol. The zero-order valence-electron chi connectivity index (χ0n) is 14.5. The lowest BCUT2D eigenvalue weighted by atomic mass is 9.97. The molecule has 7 nitrogen and oxygen atoms in total. The number of nitro groups is 1. The van der Waals surface area contributed by atoms with Gasteiger partial charge in [-0.25, -0.2) is 0 Å². The molecule has 0 saturated heterocycles. The van der Waals surface area contributed by atoms with Crippen LogP contribution in [-0.4, -0.2) is 16.1 Å². The van der Waals surface area contributed by atoms with Gasteiger partial charge in [0.25, 0.3) is 5.70 Å². The van der Waals surface area contributed by atoms with E-state index in [1.165, 1.54) is 16.3 Å². The molecule has 0 amide bonds. The monoisotopic (exact) mass is 351 g/mol. The zero-order valence-corrected chi connectivity index (χ0v) is 14.5. The normalized spacial score (nSPS) is 10.7. The molecule has 1 aromatic heterocycles. The number of nitrogens with two attached hydrogens (primary N) is 2. The summed E-state index contributed by atoms with van der Waals surface area (Å²) in [5, 5.41) is 18.2. The number of aromatic nitrogens is 1. The molecule has 26 heavy (non-hydrogen) atoms. The van der Waals surface area contributed by atoms with Crippen molar-refractivity contribution in [1.29, 1.82) is 5.41 Å². The maximum absolute atomic E-state index is 9.49. The molecular formula is C19H21N5O2. The fourth-order valence-electron chi connectivity index (χ4n) is 2.79. The summed E-state index contributed by atoms with van der Waals surface area (Å²) < 4.78 is 0. The van der Waals surface area contributed by atoms with E-state index in [9.17, 15) is 10.1 Å². The minimum atomic E-state index is -0.715. The first-order chi connectivity index (χ1) is 12.4. The largest absolute Gasteiger partial charge is 0.405 e. The van der Waals surface area contributed by atoms with Gasteiger partial charge in [0.1, 0.15) is 0 Å². The van der Waals surface area contributed by atoms with E-state index in [0.717, 1.165) is 22.2 Å². The third kappa shape index (κ3) is 3.62. The molecule has 0 fully saturated rings. The van der Waals surface area contributed by atoms with E-state index in [-0.39, 0.29) is 5.70 Å². The summed E-state index contributed by atoms with van der Waals surface area (Å²) in [6.45, 7) is 5.54.